The normalized spacial score (nSPS) is 10.3. The van der Waals surface area contributed by atoms with Gasteiger partial charge in [-0.2, -0.15) is 0 Å². The molecule has 2 rings (SSSR count). The lowest BCUT2D eigenvalue weighted by molar-refractivity contribution is 0.0602. The van der Waals surface area contributed by atoms with Crippen LogP contribution in [-0.4, -0.2) is 13.1 Å². The summed E-state index contributed by atoms with van der Waals surface area (Å²) in [7, 11) is 1.40. The van der Waals surface area contributed by atoms with Gasteiger partial charge in [0.15, 0.2) is 0 Å². The molecule has 0 atom stereocenters. The van der Waals surface area contributed by atoms with Gasteiger partial charge >= 0.3 is 5.97 Å². The van der Waals surface area contributed by atoms with E-state index in [1.165, 1.54) is 7.11 Å². The Kier molecular flexibility index (Phi) is 2.42. The van der Waals surface area contributed by atoms with Gasteiger partial charge < -0.3 is 4.74 Å². The topological polar surface area (TPSA) is 26.3 Å². The van der Waals surface area contributed by atoms with Crippen LogP contribution in [0, 0.1) is 6.92 Å². The van der Waals surface area contributed by atoms with Crippen LogP contribution in [0.25, 0.3) is 11.1 Å². The van der Waals surface area contributed by atoms with E-state index in [1.807, 2.05) is 43.3 Å². The fourth-order valence-electron chi connectivity index (χ4n) is 1.74. The third kappa shape index (κ3) is 1.59. The highest BCUT2D eigenvalue weighted by atomic mass is 16.5. The van der Waals surface area contributed by atoms with Crippen LogP contribution < -0.4 is 0 Å². The quantitative estimate of drug-likeness (QED) is 0.661. The molecule has 2 aliphatic carbocycles. The lowest BCUT2D eigenvalue weighted by Gasteiger charge is -2.00. The fourth-order valence-corrected chi connectivity index (χ4v) is 1.74. The second kappa shape index (κ2) is 3.73. The highest BCUT2D eigenvalue weighted by Crippen LogP contribution is 2.30. The molecule has 0 saturated carbocycles. The molecular formula is C13H12O2. The number of esters is 1. The van der Waals surface area contributed by atoms with Gasteiger partial charge in [0.05, 0.1) is 12.7 Å². The van der Waals surface area contributed by atoms with Crippen molar-refractivity contribution in [3.63, 3.8) is 0 Å². The van der Waals surface area contributed by atoms with Crippen LogP contribution >= 0.6 is 0 Å². The number of fused-ring (bicyclic) bond motifs is 1. The number of carbonyl (C=O) groups excluding carboxylic acids is 1. The molecule has 76 valence electrons. The Balaban J connectivity index is 2.64. The molecule has 0 aromatic heterocycles. The average molecular weight is 200 g/mol. The van der Waals surface area contributed by atoms with Crippen LogP contribution in [0.5, 0.6) is 0 Å². The molecule has 0 bridgehead atoms. The first-order valence-corrected chi connectivity index (χ1v) is 4.80. The van der Waals surface area contributed by atoms with Crippen molar-refractivity contribution in [2.24, 2.45) is 0 Å². The minimum absolute atomic E-state index is 0.282. The van der Waals surface area contributed by atoms with Gasteiger partial charge in [0, 0.05) is 0 Å². The van der Waals surface area contributed by atoms with Crippen molar-refractivity contribution in [3.05, 3.63) is 47.5 Å². The van der Waals surface area contributed by atoms with E-state index in [0.717, 1.165) is 16.7 Å². The van der Waals surface area contributed by atoms with Gasteiger partial charge in [-0.25, -0.2) is 4.79 Å². The molecule has 0 fully saturated rings. The van der Waals surface area contributed by atoms with Gasteiger partial charge in [-0.15, -0.1) is 0 Å². The van der Waals surface area contributed by atoms with Crippen LogP contribution in [0.1, 0.15) is 15.9 Å². The number of hydrogen-bond donors (Lipinski definition) is 0. The Hall–Kier alpha value is -1.83. The van der Waals surface area contributed by atoms with Crippen molar-refractivity contribution in [2.75, 3.05) is 7.11 Å². The summed E-state index contributed by atoms with van der Waals surface area (Å²) in [6.07, 6.45) is 0. The minimum Gasteiger partial charge on any atom is -0.465 e. The Bertz CT molecular complexity index is 474. The van der Waals surface area contributed by atoms with Crippen molar-refractivity contribution in [2.45, 2.75) is 6.92 Å². The zero-order chi connectivity index (χ0) is 10.8. The van der Waals surface area contributed by atoms with E-state index >= 15 is 0 Å². The van der Waals surface area contributed by atoms with E-state index in [1.54, 1.807) is 0 Å². The number of rotatable bonds is 1. The highest BCUT2D eigenvalue weighted by Gasteiger charge is 2.16. The lowest BCUT2D eigenvalue weighted by Crippen LogP contribution is -2.00. The van der Waals surface area contributed by atoms with Gasteiger partial charge in [0.2, 0.25) is 0 Å². The molecule has 0 heterocycles. The third-order valence-corrected chi connectivity index (χ3v) is 2.55. The highest BCUT2D eigenvalue weighted by molar-refractivity contribution is 5.99. The largest absolute Gasteiger partial charge is 0.465 e. The molecule has 0 N–H and O–H groups in total. The third-order valence-electron chi connectivity index (χ3n) is 2.55. The zero-order valence-corrected chi connectivity index (χ0v) is 8.78. The standard InChI is InChI=1S/C13H12O2/c1-9-5-3-4-6-11-10(9)7-8-12(11)13(14)15-2/h3-8H,1-2H3. The Morgan fingerprint density at radius 3 is 2.53 bits per heavy atom. The molecule has 0 aliphatic heterocycles. The van der Waals surface area contributed by atoms with E-state index in [9.17, 15) is 4.79 Å². The number of hydrogen-bond acceptors (Lipinski definition) is 2. The molecule has 15 heavy (non-hydrogen) atoms. The fraction of sp³-hybridized carbons (Fsp3) is 0.154. The van der Waals surface area contributed by atoms with Crippen LogP contribution in [0.2, 0.25) is 0 Å². The summed E-state index contributed by atoms with van der Waals surface area (Å²) in [6, 6.07) is 11.6. The van der Waals surface area contributed by atoms with Gasteiger partial charge in [0.1, 0.15) is 0 Å². The van der Waals surface area contributed by atoms with Crippen molar-refractivity contribution in [1.82, 2.24) is 0 Å². The van der Waals surface area contributed by atoms with Crippen LogP contribution in [-0.2, 0) is 4.74 Å². The van der Waals surface area contributed by atoms with Crippen LogP contribution in [0.3, 0.4) is 0 Å². The molecule has 0 radical (unpaired) electrons. The van der Waals surface area contributed by atoms with E-state index in [4.69, 9.17) is 4.74 Å². The first-order chi connectivity index (χ1) is 7.24. The first kappa shape index (κ1) is 9.71. The molecular weight excluding hydrogens is 188 g/mol. The van der Waals surface area contributed by atoms with E-state index in [-0.39, 0.29) is 5.97 Å². The van der Waals surface area contributed by atoms with Gasteiger partial charge in [-0.05, 0) is 29.7 Å². The molecule has 0 saturated heterocycles. The predicted octanol–water partition coefficient (Wildman–Crippen LogP) is 2.89. The number of methoxy groups -OCH3 is 1. The minimum atomic E-state index is -0.282. The zero-order valence-electron chi connectivity index (χ0n) is 8.78. The molecule has 2 aliphatic rings. The van der Waals surface area contributed by atoms with Gasteiger partial charge in [-0.1, -0.05) is 30.3 Å². The van der Waals surface area contributed by atoms with E-state index in [0.29, 0.717) is 5.56 Å². The van der Waals surface area contributed by atoms with Gasteiger partial charge in [0.25, 0.3) is 0 Å². The number of aryl methyl sites for hydroxylation is 1. The molecule has 0 unspecified atom stereocenters. The summed E-state index contributed by atoms with van der Waals surface area (Å²) >= 11 is 0. The number of carbonyl (C=O) groups is 1. The molecule has 0 aromatic carbocycles. The second-order valence-electron chi connectivity index (χ2n) is 3.47. The lowest BCUT2D eigenvalue weighted by atomic mass is 10.1. The SMILES string of the molecule is COC(=O)c1ccc2c(C)ccccc1-2. The maximum Gasteiger partial charge on any atom is 0.338 e. The van der Waals surface area contributed by atoms with Crippen molar-refractivity contribution < 1.29 is 9.53 Å². The van der Waals surface area contributed by atoms with Crippen molar-refractivity contribution >= 4 is 5.97 Å². The summed E-state index contributed by atoms with van der Waals surface area (Å²) in [5, 5.41) is 0. The van der Waals surface area contributed by atoms with Crippen molar-refractivity contribution in [3.8, 4) is 11.1 Å². The maximum atomic E-state index is 11.5. The molecule has 0 amide bonds. The summed E-state index contributed by atoms with van der Waals surface area (Å²) in [6.45, 7) is 2.03. The summed E-state index contributed by atoms with van der Waals surface area (Å²) < 4.78 is 4.73. The number of ether oxygens (including phenoxy) is 1. The van der Waals surface area contributed by atoms with Crippen LogP contribution in [0.15, 0.2) is 36.4 Å². The first-order valence-electron chi connectivity index (χ1n) is 4.80. The Morgan fingerprint density at radius 1 is 1.07 bits per heavy atom. The van der Waals surface area contributed by atoms with Gasteiger partial charge in [-0.3, -0.25) is 0 Å². The molecule has 2 nitrogen and oxygen atoms in total. The summed E-state index contributed by atoms with van der Waals surface area (Å²) in [4.78, 5) is 11.5. The molecule has 0 aromatic rings. The van der Waals surface area contributed by atoms with E-state index in [2.05, 4.69) is 0 Å². The molecule has 2 heteroatoms. The summed E-state index contributed by atoms with van der Waals surface area (Å²) in [5.41, 5.74) is 3.83. The predicted molar refractivity (Wildman–Crippen MR) is 59.1 cm³/mol. The second-order valence-corrected chi connectivity index (χ2v) is 3.47. The Morgan fingerprint density at radius 2 is 1.80 bits per heavy atom. The maximum absolute atomic E-state index is 11.5. The Labute approximate surface area is 88.8 Å². The average Bonchev–Trinajstić information content (AvgIpc) is 2.58. The summed E-state index contributed by atoms with van der Waals surface area (Å²) in [5.74, 6) is -0.282. The van der Waals surface area contributed by atoms with E-state index < -0.39 is 0 Å². The molecule has 0 spiro atoms. The van der Waals surface area contributed by atoms with Crippen molar-refractivity contribution in [1.29, 1.82) is 0 Å². The van der Waals surface area contributed by atoms with Crippen LogP contribution in [0.4, 0.5) is 0 Å². The monoisotopic (exact) mass is 200 g/mol. The smallest absolute Gasteiger partial charge is 0.338 e.